The molecule has 96 valence electrons. The third kappa shape index (κ3) is 3.53. The molecule has 0 spiro atoms. The van der Waals surface area contributed by atoms with Crippen LogP contribution in [0.15, 0.2) is 47.2 Å². The third-order valence-corrected chi connectivity index (χ3v) is 2.19. The molecule has 2 rings (SSSR count). The molecule has 1 amide bonds. The van der Waals surface area contributed by atoms with Crippen molar-refractivity contribution in [2.75, 3.05) is 5.32 Å². The van der Waals surface area contributed by atoms with Crippen LogP contribution >= 0.6 is 0 Å². The van der Waals surface area contributed by atoms with Crippen molar-refractivity contribution in [3.63, 3.8) is 0 Å². The van der Waals surface area contributed by atoms with Crippen LogP contribution in [0.4, 0.5) is 5.69 Å². The number of carbonyl (C=O) groups is 2. The van der Waals surface area contributed by atoms with Crippen LogP contribution < -0.4 is 5.32 Å². The van der Waals surface area contributed by atoms with Crippen molar-refractivity contribution in [1.82, 2.24) is 4.98 Å². The molecule has 0 aliphatic rings. The van der Waals surface area contributed by atoms with Gasteiger partial charge in [-0.05, 0) is 30.3 Å². The van der Waals surface area contributed by atoms with E-state index in [1.165, 1.54) is 36.7 Å². The number of pyridine rings is 1. The van der Waals surface area contributed by atoms with E-state index in [4.69, 9.17) is 9.52 Å². The van der Waals surface area contributed by atoms with E-state index in [9.17, 15) is 9.59 Å². The second-order valence-corrected chi connectivity index (χ2v) is 3.58. The van der Waals surface area contributed by atoms with E-state index >= 15 is 0 Å². The molecule has 0 aliphatic heterocycles. The van der Waals surface area contributed by atoms with Gasteiger partial charge in [0.1, 0.15) is 11.5 Å². The smallest absolute Gasteiger partial charge is 0.354 e. The average Bonchev–Trinajstić information content (AvgIpc) is 2.90. The van der Waals surface area contributed by atoms with Crippen molar-refractivity contribution >= 4 is 23.6 Å². The fourth-order valence-electron chi connectivity index (χ4n) is 1.32. The second-order valence-electron chi connectivity index (χ2n) is 3.58. The van der Waals surface area contributed by atoms with Gasteiger partial charge in [0.05, 0.1) is 18.1 Å². The standard InChI is InChI=1S/C13H10N2O4/c16-12(6-4-10-2-1-7-19-10)15-9-3-5-11(13(17)18)14-8-9/h1-8H,(H,15,16)(H,17,18)/b6-4+. The molecular weight excluding hydrogens is 248 g/mol. The van der Waals surface area contributed by atoms with Crippen molar-refractivity contribution in [3.8, 4) is 0 Å². The summed E-state index contributed by atoms with van der Waals surface area (Å²) in [6.07, 6.45) is 5.62. The summed E-state index contributed by atoms with van der Waals surface area (Å²) in [5.74, 6) is -0.911. The summed E-state index contributed by atoms with van der Waals surface area (Å²) in [5.41, 5.74) is 0.336. The lowest BCUT2D eigenvalue weighted by Crippen LogP contribution is -2.08. The number of furan rings is 1. The molecule has 0 saturated heterocycles. The highest BCUT2D eigenvalue weighted by atomic mass is 16.4. The van der Waals surface area contributed by atoms with Crippen molar-refractivity contribution in [2.45, 2.75) is 0 Å². The Morgan fingerprint density at radius 3 is 2.74 bits per heavy atom. The minimum Gasteiger partial charge on any atom is -0.477 e. The van der Waals surface area contributed by atoms with Crippen LogP contribution in [0, 0.1) is 0 Å². The zero-order chi connectivity index (χ0) is 13.7. The van der Waals surface area contributed by atoms with Crippen molar-refractivity contribution in [1.29, 1.82) is 0 Å². The van der Waals surface area contributed by atoms with Gasteiger partial charge in [-0.15, -0.1) is 0 Å². The molecule has 0 fully saturated rings. The Morgan fingerprint density at radius 1 is 1.32 bits per heavy atom. The number of nitrogens with zero attached hydrogens (tertiary/aromatic N) is 1. The second kappa shape index (κ2) is 5.63. The molecule has 0 saturated carbocycles. The zero-order valence-corrected chi connectivity index (χ0v) is 9.74. The number of hydrogen-bond acceptors (Lipinski definition) is 4. The van der Waals surface area contributed by atoms with Gasteiger partial charge in [0, 0.05) is 6.08 Å². The topological polar surface area (TPSA) is 92.4 Å². The molecule has 0 aliphatic carbocycles. The van der Waals surface area contributed by atoms with Gasteiger partial charge in [-0.25, -0.2) is 9.78 Å². The first-order valence-corrected chi connectivity index (χ1v) is 5.37. The van der Waals surface area contributed by atoms with Gasteiger partial charge in [0.15, 0.2) is 0 Å². The molecule has 2 aromatic rings. The Labute approximate surface area is 108 Å². The number of anilines is 1. The Balaban J connectivity index is 1.97. The lowest BCUT2D eigenvalue weighted by molar-refractivity contribution is -0.111. The van der Waals surface area contributed by atoms with Gasteiger partial charge < -0.3 is 14.8 Å². The van der Waals surface area contributed by atoms with E-state index < -0.39 is 5.97 Å². The Hall–Kier alpha value is -2.89. The number of carbonyl (C=O) groups excluding carboxylic acids is 1. The van der Waals surface area contributed by atoms with Crippen LogP contribution in [0.1, 0.15) is 16.2 Å². The van der Waals surface area contributed by atoms with Gasteiger partial charge in [0.25, 0.3) is 0 Å². The van der Waals surface area contributed by atoms with E-state index in [0.29, 0.717) is 11.4 Å². The molecule has 0 bridgehead atoms. The highest BCUT2D eigenvalue weighted by molar-refractivity contribution is 6.01. The molecule has 2 aromatic heterocycles. The fourth-order valence-corrected chi connectivity index (χ4v) is 1.32. The quantitative estimate of drug-likeness (QED) is 0.818. The van der Waals surface area contributed by atoms with E-state index in [1.54, 1.807) is 12.1 Å². The predicted octanol–water partition coefficient (Wildman–Crippen LogP) is 2.02. The van der Waals surface area contributed by atoms with Gasteiger partial charge >= 0.3 is 5.97 Å². The van der Waals surface area contributed by atoms with Crippen LogP contribution in [0.5, 0.6) is 0 Å². The number of carboxylic acid groups (broad SMARTS) is 1. The van der Waals surface area contributed by atoms with Gasteiger partial charge in [-0.2, -0.15) is 0 Å². The van der Waals surface area contributed by atoms with E-state index in [2.05, 4.69) is 10.3 Å². The third-order valence-electron chi connectivity index (χ3n) is 2.19. The van der Waals surface area contributed by atoms with E-state index in [0.717, 1.165) is 0 Å². The molecule has 6 nitrogen and oxygen atoms in total. The monoisotopic (exact) mass is 258 g/mol. The van der Waals surface area contributed by atoms with Crippen molar-refractivity contribution in [2.24, 2.45) is 0 Å². The molecule has 0 unspecified atom stereocenters. The lowest BCUT2D eigenvalue weighted by Gasteiger charge is -2.01. The Bertz CT molecular complexity index is 600. The molecule has 19 heavy (non-hydrogen) atoms. The summed E-state index contributed by atoms with van der Waals surface area (Å²) in [5, 5.41) is 11.2. The molecule has 2 N–H and O–H groups in total. The molecular formula is C13H10N2O4. The van der Waals surface area contributed by atoms with Gasteiger partial charge in [0.2, 0.25) is 5.91 Å². The summed E-state index contributed by atoms with van der Waals surface area (Å²) in [6, 6.07) is 6.21. The largest absolute Gasteiger partial charge is 0.477 e. The first-order valence-electron chi connectivity index (χ1n) is 5.37. The van der Waals surface area contributed by atoms with E-state index in [1.807, 2.05) is 0 Å². The molecule has 2 heterocycles. The van der Waals surface area contributed by atoms with Crippen LogP contribution in [-0.2, 0) is 4.79 Å². The lowest BCUT2D eigenvalue weighted by atomic mass is 10.3. The maximum absolute atomic E-state index is 11.5. The number of amides is 1. The molecule has 0 radical (unpaired) electrons. The number of hydrogen-bond donors (Lipinski definition) is 2. The van der Waals surface area contributed by atoms with Crippen molar-refractivity contribution in [3.05, 3.63) is 54.3 Å². The summed E-state index contributed by atoms with van der Waals surface area (Å²) in [6.45, 7) is 0. The first-order chi connectivity index (χ1) is 9.15. The van der Waals surface area contributed by atoms with Crippen LogP contribution in [0.3, 0.4) is 0 Å². The number of aromatic nitrogens is 1. The fraction of sp³-hybridized carbons (Fsp3) is 0. The normalized spacial score (nSPS) is 10.5. The number of carboxylic acids is 1. The Morgan fingerprint density at radius 2 is 2.16 bits per heavy atom. The van der Waals surface area contributed by atoms with Crippen LogP contribution in [-0.4, -0.2) is 22.0 Å². The highest BCUT2D eigenvalue weighted by Gasteiger charge is 2.04. The minimum absolute atomic E-state index is 0.0795. The maximum Gasteiger partial charge on any atom is 0.354 e. The number of aromatic carboxylic acids is 1. The van der Waals surface area contributed by atoms with Gasteiger partial charge in [-0.3, -0.25) is 4.79 Å². The summed E-state index contributed by atoms with van der Waals surface area (Å²) in [4.78, 5) is 25.8. The predicted molar refractivity (Wildman–Crippen MR) is 67.6 cm³/mol. The maximum atomic E-state index is 11.5. The number of rotatable bonds is 4. The van der Waals surface area contributed by atoms with Crippen molar-refractivity contribution < 1.29 is 19.1 Å². The van der Waals surface area contributed by atoms with Crippen LogP contribution in [0.2, 0.25) is 0 Å². The Kier molecular flexibility index (Phi) is 3.72. The molecule has 0 atom stereocenters. The van der Waals surface area contributed by atoms with Gasteiger partial charge in [-0.1, -0.05) is 0 Å². The van der Waals surface area contributed by atoms with E-state index in [-0.39, 0.29) is 11.6 Å². The first kappa shape index (κ1) is 12.6. The molecule has 6 heteroatoms. The number of nitrogens with one attached hydrogen (secondary N) is 1. The summed E-state index contributed by atoms with van der Waals surface area (Å²) >= 11 is 0. The molecule has 0 aromatic carbocycles. The average molecular weight is 258 g/mol. The zero-order valence-electron chi connectivity index (χ0n) is 9.74. The van der Waals surface area contributed by atoms with Crippen LogP contribution in [0.25, 0.3) is 6.08 Å². The SMILES string of the molecule is O=C(/C=C/c1ccco1)Nc1ccc(C(=O)O)nc1. The summed E-state index contributed by atoms with van der Waals surface area (Å²) < 4.78 is 5.03. The minimum atomic E-state index is -1.12. The highest BCUT2D eigenvalue weighted by Crippen LogP contribution is 2.07. The summed E-state index contributed by atoms with van der Waals surface area (Å²) in [7, 11) is 0.